The van der Waals surface area contributed by atoms with Gasteiger partial charge in [-0.15, -0.1) is 13.2 Å². The fraction of sp³-hybridized carbons (Fsp3) is 0.724. The Morgan fingerprint density at radius 1 is 0.853 bits per heavy atom. The zero-order chi connectivity index (χ0) is 24.6. The van der Waals surface area contributed by atoms with Crippen LogP contribution in [0.1, 0.15) is 52.9 Å². The van der Waals surface area contributed by atoms with Crippen molar-refractivity contribution in [3.05, 3.63) is 37.5 Å². The molecule has 0 aromatic carbocycles. The van der Waals surface area contributed by atoms with Gasteiger partial charge in [0.1, 0.15) is 7.85 Å². The van der Waals surface area contributed by atoms with Crippen molar-refractivity contribution in [1.29, 1.82) is 0 Å². The highest BCUT2D eigenvalue weighted by Crippen LogP contribution is 2.51. The van der Waals surface area contributed by atoms with Gasteiger partial charge in [0.15, 0.2) is 0 Å². The van der Waals surface area contributed by atoms with Gasteiger partial charge in [-0.25, -0.2) is 0 Å². The zero-order valence-corrected chi connectivity index (χ0v) is 21.9. The molecule has 8 atom stereocenters. The lowest BCUT2D eigenvalue weighted by Gasteiger charge is -2.35. The van der Waals surface area contributed by atoms with Gasteiger partial charge < -0.3 is 4.90 Å². The van der Waals surface area contributed by atoms with Crippen molar-refractivity contribution in [1.82, 2.24) is 9.80 Å². The molecular formula is C29H45BN2O2. The van der Waals surface area contributed by atoms with Crippen LogP contribution in [0.2, 0.25) is 0 Å². The smallest absolute Gasteiger partial charge is 0.233 e. The third kappa shape index (κ3) is 4.16. The number of carbonyl (C=O) groups excluding carboxylic acids is 2. The Morgan fingerprint density at radius 3 is 1.88 bits per heavy atom. The Morgan fingerprint density at radius 2 is 1.35 bits per heavy atom. The van der Waals surface area contributed by atoms with Gasteiger partial charge >= 0.3 is 0 Å². The van der Waals surface area contributed by atoms with Crippen LogP contribution in [-0.2, 0) is 9.59 Å². The van der Waals surface area contributed by atoms with Crippen LogP contribution in [0.4, 0.5) is 0 Å². The normalized spacial score (nSPS) is 38.1. The fourth-order valence-electron chi connectivity index (χ4n) is 8.01. The van der Waals surface area contributed by atoms with Crippen molar-refractivity contribution < 1.29 is 9.59 Å². The predicted octanol–water partition coefficient (Wildman–Crippen LogP) is 4.14. The van der Waals surface area contributed by atoms with E-state index < -0.39 is 0 Å². The number of fused-ring (bicyclic) bond motifs is 2. The minimum Gasteiger partial charge on any atom is -0.302 e. The molecule has 0 aromatic heterocycles. The van der Waals surface area contributed by atoms with Gasteiger partial charge in [-0.3, -0.25) is 14.5 Å². The van der Waals surface area contributed by atoms with Crippen LogP contribution < -0.4 is 0 Å². The molecule has 0 radical (unpaired) electrons. The maximum Gasteiger partial charge on any atom is 0.233 e. The van der Waals surface area contributed by atoms with E-state index in [0.717, 1.165) is 6.42 Å². The van der Waals surface area contributed by atoms with Crippen molar-refractivity contribution in [2.75, 3.05) is 26.1 Å². The maximum atomic E-state index is 13.1. The second-order valence-corrected chi connectivity index (χ2v) is 11.5. The molecule has 4 aliphatic rings. The Balaban J connectivity index is 1.49. The van der Waals surface area contributed by atoms with Gasteiger partial charge in [-0.1, -0.05) is 45.1 Å². The second kappa shape index (κ2) is 10.2. The molecule has 8 unspecified atom stereocenters. The molecule has 0 spiro atoms. The van der Waals surface area contributed by atoms with Crippen LogP contribution in [0.25, 0.3) is 0 Å². The molecule has 0 N–H and O–H groups in total. The molecule has 4 nitrogen and oxygen atoms in total. The van der Waals surface area contributed by atoms with Crippen LogP contribution in [0.3, 0.4) is 0 Å². The molecule has 2 amide bonds. The summed E-state index contributed by atoms with van der Waals surface area (Å²) in [6.07, 6.45) is 15.1. The molecule has 2 saturated heterocycles. The summed E-state index contributed by atoms with van der Waals surface area (Å²) in [5, 5.41) is 0. The number of carbonyl (C=O) groups is 2. The first kappa shape index (κ1) is 25.5. The summed E-state index contributed by atoms with van der Waals surface area (Å²) in [5.74, 6) is 2.38. The molecule has 4 fully saturated rings. The van der Waals surface area contributed by atoms with Crippen LogP contribution in [0, 0.1) is 52.8 Å². The number of hydrogen-bond acceptors (Lipinski definition) is 3. The first-order valence-corrected chi connectivity index (χ1v) is 13.9. The standard InChI is InChI=1S/C29H45BN2O2/c1-6-19-13-21(24-16-31(15-23(19)24)17-29(8-3,9-4)10-5)11-12-22-14-20(7-2)25-26(22)28(34)32(18-30)27(25)33/h6-7,11-12,19-26H,1-2,8-10,13-18,30H2,3-5H3/b12-11-. The van der Waals surface area contributed by atoms with Gasteiger partial charge in [0.05, 0.1) is 11.8 Å². The average Bonchev–Trinajstić information content (AvgIpc) is 3.57. The second-order valence-electron chi connectivity index (χ2n) is 11.5. The van der Waals surface area contributed by atoms with E-state index in [1.54, 1.807) is 0 Å². The summed E-state index contributed by atoms with van der Waals surface area (Å²) in [6.45, 7) is 18.8. The summed E-state index contributed by atoms with van der Waals surface area (Å²) in [7, 11) is 1.90. The number of allylic oxidation sites excluding steroid dienone is 4. The van der Waals surface area contributed by atoms with Gasteiger partial charge in [0.2, 0.25) is 11.8 Å². The summed E-state index contributed by atoms with van der Waals surface area (Å²) in [6, 6.07) is 0. The third-order valence-electron chi connectivity index (χ3n) is 10.4. The first-order valence-electron chi connectivity index (χ1n) is 13.9. The van der Waals surface area contributed by atoms with Crippen molar-refractivity contribution in [2.24, 2.45) is 52.8 Å². The highest BCUT2D eigenvalue weighted by molar-refractivity contribution is 6.15. The Labute approximate surface area is 208 Å². The summed E-state index contributed by atoms with van der Waals surface area (Å²) in [4.78, 5) is 30.1. The molecule has 2 aliphatic heterocycles. The van der Waals surface area contributed by atoms with E-state index in [0.29, 0.717) is 35.5 Å². The van der Waals surface area contributed by atoms with Crippen LogP contribution in [-0.4, -0.2) is 55.5 Å². The molecule has 4 rings (SSSR count). The molecule has 2 saturated carbocycles. The van der Waals surface area contributed by atoms with E-state index in [1.165, 1.54) is 50.2 Å². The van der Waals surface area contributed by atoms with Gasteiger partial charge in [-0.2, -0.15) is 0 Å². The van der Waals surface area contributed by atoms with Crippen molar-refractivity contribution in [2.45, 2.75) is 52.9 Å². The van der Waals surface area contributed by atoms with E-state index in [1.807, 2.05) is 13.9 Å². The van der Waals surface area contributed by atoms with Crippen molar-refractivity contribution >= 4 is 19.7 Å². The van der Waals surface area contributed by atoms with E-state index in [4.69, 9.17) is 0 Å². The Hall–Kier alpha value is -1.62. The number of rotatable bonds is 10. The zero-order valence-electron chi connectivity index (χ0n) is 21.9. The van der Waals surface area contributed by atoms with Crippen LogP contribution in [0.5, 0.6) is 0 Å². The van der Waals surface area contributed by atoms with Gasteiger partial charge in [0.25, 0.3) is 0 Å². The van der Waals surface area contributed by atoms with E-state index in [2.05, 4.69) is 57.1 Å². The molecule has 0 aromatic rings. The Bertz CT molecular complexity index is 826. The van der Waals surface area contributed by atoms with Gasteiger partial charge in [-0.05, 0) is 79.5 Å². The topological polar surface area (TPSA) is 40.6 Å². The molecular weight excluding hydrogens is 419 g/mol. The average molecular weight is 465 g/mol. The van der Waals surface area contributed by atoms with Gasteiger partial charge in [0, 0.05) is 19.6 Å². The quantitative estimate of drug-likeness (QED) is 0.277. The minimum atomic E-state index is -0.205. The number of amides is 2. The molecule has 34 heavy (non-hydrogen) atoms. The number of likely N-dealkylation sites (tertiary alicyclic amines) is 2. The monoisotopic (exact) mass is 464 g/mol. The van der Waals surface area contributed by atoms with Crippen LogP contribution >= 0.6 is 0 Å². The first-order chi connectivity index (χ1) is 16.4. The summed E-state index contributed by atoms with van der Waals surface area (Å²) in [5.41, 5.74) is 0.437. The van der Waals surface area contributed by atoms with Crippen molar-refractivity contribution in [3.63, 3.8) is 0 Å². The van der Waals surface area contributed by atoms with Crippen molar-refractivity contribution in [3.8, 4) is 0 Å². The highest BCUT2D eigenvalue weighted by atomic mass is 16.2. The Kier molecular flexibility index (Phi) is 7.62. The maximum absolute atomic E-state index is 13.1. The fourth-order valence-corrected chi connectivity index (χ4v) is 8.01. The number of nitrogens with zero attached hydrogens (tertiary/aromatic N) is 2. The minimum absolute atomic E-state index is 0.0173. The molecule has 186 valence electrons. The largest absolute Gasteiger partial charge is 0.302 e. The number of imide groups is 1. The summed E-state index contributed by atoms with van der Waals surface area (Å²) >= 11 is 0. The molecule has 5 heteroatoms. The lowest BCUT2D eigenvalue weighted by Crippen LogP contribution is -2.36. The van der Waals surface area contributed by atoms with E-state index >= 15 is 0 Å². The van der Waals surface area contributed by atoms with Crippen LogP contribution in [0.15, 0.2) is 37.5 Å². The predicted molar refractivity (Wildman–Crippen MR) is 142 cm³/mol. The third-order valence-corrected chi connectivity index (χ3v) is 10.4. The SMILES string of the molecule is BCN1C(=O)C2C(C=C)CC(/C=C\C3CC(C=C)C4CN(CC(CC)(CC)CC)CC34)C2C1=O. The number of hydrogen-bond donors (Lipinski definition) is 0. The lowest BCUT2D eigenvalue weighted by molar-refractivity contribution is -0.139. The van der Waals surface area contributed by atoms with E-state index in [-0.39, 0.29) is 35.5 Å². The molecule has 2 heterocycles. The van der Waals surface area contributed by atoms with E-state index in [9.17, 15) is 9.59 Å². The molecule has 0 bridgehead atoms. The summed E-state index contributed by atoms with van der Waals surface area (Å²) < 4.78 is 0. The lowest BCUT2D eigenvalue weighted by atomic mass is 9.79. The molecule has 2 aliphatic carbocycles. The highest BCUT2D eigenvalue weighted by Gasteiger charge is 2.56.